The summed E-state index contributed by atoms with van der Waals surface area (Å²) < 4.78 is 2.04. The van der Waals surface area contributed by atoms with Crippen molar-refractivity contribution < 1.29 is 4.79 Å². The average molecular weight is 399 g/mol. The lowest BCUT2D eigenvalue weighted by molar-refractivity contribution is 0.0706. The van der Waals surface area contributed by atoms with Crippen LogP contribution < -0.4 is 0 Å². The van der Waals surface area contributed by atoms with Gasteiger partial charge >= 0.3 is 0 Å². The van der Waals surface area contributed by atoms with Crippen LogP contribution in [0.2, 0.25) is 0 Å². The summed E-state index contributed by atoms with van der Waals surface area (Å²) in [6.07, 6.45) is 3.96. The molecule has 1 aliphatic heterocycles. The fourth-order valence-corrected chi connectivity index (χ4v) is 4.35. The van der Waals surface area contributed by atoms with Crippen molar-refractivity contribution in [3.05, 3.63) is 71.8 Å². The van der Waals surface area contributed by atoms with Crippen molar-refractivity contribution in [1.29, 1.82) is 0 Å². The number of aromatic nitrogens is 4. The molecule has 0 N–H and O–H groups in total. The number of rotatable bonds is 3. The Balaban J connectivity index is 1.49. The molecule has 1 fully saturated rings. The van der Waals surface area contributed by atoms with Crippen LogP contribution in [0.5, 0.6) is 0 Å². The number of fused-ring (bicyclic) bond motifs is 2. The Hall–Kier alpha value is -3.28. The van der Waals surface area contributed by atoms with E-state index in [0.29, 0.717) is 6.54 Å². The highest BCUT2D eigenvalue weighted by atomic mass is 16.2. The summed E-state index contributed by atoms with van der Waals surface area (Å²) in [5.74, 6) is 1.45. The first-order valence-electron chi connectivity index (χ1n) is 10.6. The van der Waals surface area contributed by atoms with Gasteiger partial charge in [0.25, 0.3) is 5.91 Å². The fraction of sp³-hybridized carbons (Fsp3) is 0.333. The first-order valence-corrected chi connectivity index (χ1v) is 10.6. The van der Waals surface area contributed by atoms with E-state index in [-0.39, 0.29) is 17.7 Å². The van der Waals surface area contributed by atoms with Gasteiger partial charge in [0.2, 0.25) is 0 Å². The third-order valence-corrected chi connectivity index (χ3v) is 5.97. The number of benzene rings is 1. The van der Waals surface area contributed by atoms with Crippen molar-refractivity contribution in [2.75, 3.05) is 13.1 Å². The third-order valence-electron chi connectivity index (χ3n) is 5.97. The lowest BCUT2D eigenvalue weighted by Crippen LogP contribution is -2.39. The third kappa shape index (κ3) is 3.22. The van der Waals surface area contributed by atoms with E-state index in [1.165, 1.54) is 0 Å². The van der Waals surface area contributed by atoms with E-state index >= 15 is 0 Å². The van der Waals surface area contributed by atoms with Gasteiger partial charge in [-0.2, -0.15) is 0 Å². The molecule has 1 saturated heterocycles. The topological polar surface area (TPSA) is 63.4 Å². The zero-order chi connectivity index (χ0) is 20.7. The molecule has 4 aromatic rings. The largest absolute Gasteiger partial charge is 0.338 e. The standard InChI is InChI=1S/C24H25N5O/c1-16(2)21-14-19(18-9-3-4-10-20(18)25-21)24(30)28-12-7-8-17(15-28)23-27-26-22-11-5-6-13-29(22)23/h3-6,9-11,13-14,16-17H,7-8,12,15H2,1-2H3. The van der Waals surface area contributed by atoms with E-state index < -0.39 is 0 Å². The molecule has 6 nitrogen and oxygen atoms in total. The van der Waals surface area contributed by atoms with Gasteiger partial charge in [0.1, 0.15) is 5.82 Å². The number of piperidine rings is 1. The predicted octanol–water partition coefficient (Wildman–Crippen LogP) is 4.42. The van der Waals surface area contributed by atoms with Gasteiger partial charge < -0.3 is 4.90 Å². The van der Waals surface area contributed by atoms with Crippen LogP contribution in [0.4, 0.5) is 0 Å². The van der Waals surface area contributed by atoms with Crippen molar-refractivity contribution in [2.24, 2.45) is 0 Å². The second-order valence-electron chi connectivity index (χ2n) is 8.34. The number of hydrogen-bond donors (Lipinski definition) is 0. The Labute approximate surface area is 175 Å². The van der Waals surface area contributed by atoms with Gasteiger partial charge in [-0.3, -0.25) is 14.2 Å². The highest BCUT2D eigenvalue weighted by Gasteiger charge is 2.29. The molecule has 0 aliphatic carbocycles. The summed E-state index contributed by atoms with van der Waals surface area (Å²) in [6.45, 7) is 5.64. The number of carbonyl (C=O) groups is 1. The van der Waals surface area contributed by atoms with Crippen LogP contribution in [0.25, 0.3) is 16.6 Å². The molecule has 4 heterocycles. The van der Waals surface area contributed by atoms with Crippen LogP contribution >= 0.6 is 0 Å². The SMILES string of the molecule is CC(C)c1cc(C(=O)N2CCCC(c3nnc4ccccn34)C2)c2ccccc2n1. The minimum absolute atomic E-state index is 0.0778. The highest BCUT2D eigenvalue weighted by Crippen LogP contribution is 2.29. The van der Waals surface area contributed by atoms with Gasteiger partial charge in [0.15, 0.2) is 5.65 Å². The molecule has 0 radical (unpaired) electrons. The maximum Gasteiger partial charge on any atom is 0.254 e. The van der Waals surface area contributed by atoms with Gasteiger partial charge in [-0.25, -0.2) is 0 Å². The Morgan fingerprint density at radius 3 is 2.80 bits per heavy atom. The van der Waals surface area contributed by atoms with E-state index in [2.05, 4.69) is 24.0 Å². The number of para-hydroxylation sites is 1. The Kier molecular flexibility index (Phi) is 4.69. The molecule has 0 saturated carbocycles. The zero-order valence-corrected chi connectivity index (χ0v) is 17.3. The van der Waals surface area contributed by atoms with E-state index in [4.69, 9.17) is 4.98 Å². The number of pyridine rings is 2. The van der Waals surface area contributed by atoms with E-state index in [0.717, 1.165) is 53.0 Å². The second-order valence-corrected chi connectivity index (χ2v) is 8.34. The molecule has 0 spiro atoms. The minimum atomic E-state index is 0.0778. The first-order chi connectivity index (χ1) is 14.6. The molecule has 1 aromatic carbocycles. The van der Waals surface area contributed by atoms with Gasteiger partial charge in [0, 0.05) is 36.3 Å². The van der Waals surface area contributed by atoms with E-state index in [1.54, 1.807) is 0 Å². The minimum Gasteiger partial charge on any atom is -0.338 e. The van der Waals surface area contributed by atoms with Crippen molar-refractivity contribution in [1.82, 2.24) is 24.5 Å². The summed E-state index contributed by atoms with van der Waals surface area (Å²) in [5.41, 5.74) is 3.42. The van der Waals surface area contributed by atoms with Gasteiger partial charge in [-0.05, 0) is 43.0 Å². The van der Waals surface area contributed by atoms with Crippen LogP contribution in [0.3, 0.4) is 0 Å². The monoisotopic (exact) mass is 399 g/mol. The van der Waals surface area contributed by atoms with E-state index in [1.807, 2.05) is 64.0 Å². The second kappa shape index (κ2) is 7.52. The smallest absolute Gasteiger partial charge is 0.254 e. The molecule has 1 aliphatic rings. The fourth-order valence-electron chi connectivity index (χ4n) is 4.35. The first kappa shape index (κ1) is 18.7. The van der Waals surface area contributed by atoms with Crippen molar-refractivity contribution in [3.63, 3.8) is 0 Å². The maximum absolute atomic E-state index is 13.6. The summed E-state index contributed by atoms with van der Waals surface area (Å²) in [4.78, 5) is 20.4. The molecule has 1 unspecified atom stereocenters. The maximum atomic E-state index is 13.6. The van der Waals surface area contributed by atoms with Crippen LogP contribution in [0.1, 0.15) is 60.4 Å². The van der Waals surface area contributed by atoms with Crippen molar-refractivity contribution >= 4 is 22.5 Å². The quantitative estimate of drug-likeness (QED) is 0.512. The molecule has 6 heteroatoms. The number of amides is 1. The highest BCUT2D eigenvalue weighted by molar-refractivity contribution is 6.06. The zero-order valence-electron chi connectivity index (χ0n) is 17.3. The molecule has 5 rings (SSSR count). The molecule has 1 atom stereocenters. The lowest BCUT2D eigenvalue weighted by Gasteiger charge is -2.32. The molecular weight excluding hydrogens is 374 g/mol. The lowest BCUT2D eigenvalue weighted by atomic mass is 9.95. The summed E-state index contributed by atoms with van der Waals surface area (Å²) in [7, 11) is 0. The Morgan fingerprint density at radius 1 is 1.10 bits per heavy atom. The average Bonchev–Trinajstić information content (AvgIpc) is 3.22. The Bertz CT molecular complexity index is 1230. The molecule has 152 valence electrons. The summed E-state index contributed by atoms with van der Waals surface area (Å²) in [6, 6.07) is 15.8. The van der Waals surface area contributed by atoms with E-state index in [9.17, 15) is 4.79 Å². The van der Waals surface area contributed by atoms with Gasteiger partial charge in [-0.1, -0.05) is 38.1 Å². The molecular formula is C24H25N5O. The van der Waals surface area contributed by atoms with Crippen LogP contribution in [0.15, 0.2) is 54.7 Å². The summed E-state index contributed by atoms with van der Waals surface area (Å²) >= 11 is 0. The van der Waals surface area contributed by atoms with Crippen LogP contribution in [-0.4, -0.2) is 43.5 Å². The van der Waals surface area contributed by atoms with Gasteiger partial charge in [-0.15, -0.1) is 10.2 Å². The van der Waals surface area contributed by atoms with Crippen molar-refractivity contribution in [2.45, 2.75) is 38.5 Å². The predicted molar refractivity (Wildman–Crippen MR) is 117 cm³/mol. The molecule has 0 bridgehead atoms. The number of hydrogen-bond acceptors (Lipinski definition) is 4. The number of nitrogens with zero attached hydrogens (tertiary/aromatic N) is 5. The number of likely N-dealkylation sites (tertiary alicyclic amines) is 1. The summed E-state index contributed by atoms with van der Waals surface area (Å²) in [5, 5.41) is 9.65. The molecule has 1 amide bonds. The van der Waals surface area contributed by atoms with Crippen LogP contribution in [0, 0.1) is 0 Å². The van der Waals surface area contributed by atoms with Gasteiger partial charge in [0.05, 0.1) is 11.1 Å². The Morgan fingerprint density at radius 2 is 1.93 bits per heavy atom. The van der Waals surface area contributed by atoms with Crippen molar-refractivity contribution in [3.8, 4) is 0 Å². The normalized spacial score (nSPS) is 17.2. The van der Waals surface area contributed by atoms with Crippen LogP contribution in [-0.2, 0) is 0 Å². The molecule has 3 aromatic heterocycles. The number of carbonyl (C=O) groups excluding carboxylic acids is 1. The molecule has 30 heavy (non-hydrogen) atoms.